The van der Waals surface area contributed by atoms with E-state index in [-0.39, 0.29) is 5.02 Å². The summed E-state index contributed by atoms with van der Waals surface area (Å²) >= 11 is 5.68. The number of aromatic nitrogens is 1. The quantitative estimate of drug-likeness (QED) is 0.791. The van der Waals surface area contributed by atoms with E-state index < -0.39 is 5.82 Å². The first-order chi connectivity index (χ1) is 6.66. The summed E-state index contributed by atoms with van der Waals surface area (Å²) < 4.78 is 17.8. The maximum atomic E-state index is 13.0. The van der Waals surface area contributed by atoms with E-state index >= 15 is 0 Å². The number of hydrogen-bond acceptors (Lipinski definition) is 3. The molecule has 1 aromatic heterocycles. The number of nitrogen functional groups attached to an aromatic ring is 1. The fraction of sp³-hybridized carbons (Fsp3) is 0. The zero-order valence-corrected chi connectivity index (χ0v) is 7.75. The molecule has 0 fully saturated rings. The lowest BCUT2D eigenvalue weighted by molar-refractivity contribution is 0.432. The molecule has 0 atom stereocenters. The third-order valence-corrected chi connectivity index (χ3v) is 1.94. The van der Waals surface area contributed by atoms with Crippen LogP contribution in [0.3, 0.4) is 0 Å². The predicted molar refractivity (Wildman–Crippen MR) is 51.3 cm³/mol. The zero-order chi connectivity index (χ0) is 10.1. The van der Waals surface area contributed by atoms with Crippen molar-refractivity contribution < 1.29 is 8.91 Å². The van der Waals surface area contributed by atoms with Gasteiger partial charge in [-0.1, -0.05) is 16.8 Å². The van der Waals surface area contributed by atoms with Crippen LogP contribution in [0.4, 0.5) is 10.1 Å². The Bertz CT molecular complexity index is 449. The Hall–Kier alpha value is -1.55. The van der Waals surface area contributed by atoms with Crippen LogP contribution < -0.4 is 5.73 Å². The third kappa shape index (κ3) is 1.56. The number of anilines is 1. The lowest BCUT2D eigenvalue weighted by atomic mass is 10.1. The second kappa shape index (κ2) is 3.31. The van der Waals surface area contributed by atoms with Crippen molar-refractivity contribution in [1.82, 2.24) is 5.16 Å². The first-order valence-corrected chi connectivity index (χ1v) is 4.21. The summed E-state index contributed by atoms with van der Waals surface area (Å²) in [6.45, 7) is 0. The first kappa shape index (κ1) is 9.02. The minimum atomic E-state index is -0.441. The van der Waals surface area contributed by atoms with Gasteiger partial charge in [-0.2, -0.15) is 0 Å². The van der Waals surface area contributed by atoms with Gasteiger partial charge in [0.1, 0.15) is 11.5 Å². The Morgan fingerprint density at radius 1 is 1.36 bits per heavy atom. The van der Waals surface area contributed by atoms with Crippen LogP contribution in [0.2, 0.25) is 5.02 Å². The van der Waals surface area contributed by atoms with Crippen LogP contribution >= 0.6 is 11.6 Å². The van der Waals surface area contributed by atoms with Gasteiger partial charge < -0.3 is 10.3 Å². The molecule has 0 saturated carbocycles. The average molecular weight is 213 g/mol. The molecule has 0 aliphatic carbocycles. The van der Waals surface area contributed by atoms with Crippen molar-refractivity contribution in [3.05, 3.63) is 35.2 Å². The summed E-state index contributed by atoms with van der Waals surface area (Å²) in [5, 5.41) is 3.78. The van der Waals surface area contributed by atoms with Crippen molar-refractivity contribution in [2.45, 2.75) is 0 Å². The summed E-state index contributed by atoms with van der Waals surface area (Å²) in [6, 6.07) is 4.04. The molecule has 0 aliphatic heterocycles. The Kier molecular flexibility index (Phi) is 2.13. The van der Waals surface area contributed by atoms with E-state index in [0.29, 0.717) is 17.0 Å². The van der Waals surface area contributed by atoms with Crippen LogP contribution in [0.5, 0.6) is 0 Å². The van der Waals surface area contributed by atoms with Crippen molar-refractivity contribution >= 4 is 17.3 Å². The van der Waals surface area contributed by atoms with Crippen LogP contribution in [0.15, 0.2) is 28.9 Å². The molecule has 2 aromatic rings. The van der Waals surface area contributed by atoms with E-state index in [4.69, 9.17) is 21.9 Å². The smallest absolute Gasteiger partial charge is 0.189 e. The molecule has 2 rings (SSSR count). The Morgan fingerprint density at radius 2 is 2.14 bits per heavy atom. The van der Waals surface area contributed by atoms with Gasteiger partial charge in [-0.3, -0.25) is 0 Å². The van der Waals surface area contributed by atoms with Gasteiger partial charge in [0.2, 0.25) is 0 Å². The van der Waals surface area contributed by atoms with Gasteiger partial charge in [0.25, 0.3) is 0 Å². The molecule has 0 aliphatic rings. The first-order valence-electron chi connectivity index (χ1n) is 3.83. The van der Waals surface area contributed by atoms with Gasteiger partial charge in [0.05, 0.1) is 6.20 Å². The molecule has 0 radical (unpaired) electrons. The average Bonchev–Trinajstić information content (AvgIpc) is 2.49. The zero-order valence-electron chi connectivity index (χ0n) is 7.00. The van der Waals surface area contributed by atoms with Crippen LogP contribution in [0.1, 0.15) is 0 Å². The molecule has 72 valence electrons. The summed E-state index contributed by atoms with van der Waals surface area (Å²) in [5.74, 6) is -0.116. The lowest BCUT2D eigenvalue weighted by Gasteiger charge is -1.98. The van der Waals surface area contributed by atoms with E-state index in [1.165, 1.54) is 18.3 Å². The normalized spacial score (nSPS) is 10.4. The summed E-state index contributed by atoms with van der Waals surface area (Å²) in [7, 11) is 0. The van der Waals surface area contributed by atoms with Crippen LogP contribution in [0.25, 0.3) is 11.3 Å². The Balaban J connectivity index is 2.57. The summed E-state index contributed by atoms with van der Waals surface area (Å²) in [4.78, 5) is 0. The summed E-state index contributed by atoms with van der Waals surface area (Å²) in [5.41, 5.74) is 6.38. The fourth-order valence-corrected chi connectivity index (χ4v) is 1.37. The van der Waals surface area contributed by atoms with Gasteiger partial charge in [-0.25, -0.2) is 4.39 Å². The maximum absolute atomic E-state index is 13.0. The van der Waals surface area contributed by atoms with Crippen molar-refractivity contribution in [3.8, 4) is 11.3 Å². The highest BCUT2D eigenvalue weighted by atomic mass is 35.5. The van der Waals surface area contributed by atoms with Crippen LogP contribution in [0, 0.1) is 5.82 Å². The number of nitrogens with zero attached hydrogens (tertiary/aromatic N) is 1. The molecule has 14 heavy (non-hydrogen) atoms. The van der Waals surface area contributed by atoms with E-state index in [0.717, 1.165) is 0 Å². The molecule has 1 aromatic carbocycles. The van der Waals surface area contributed by atoms with E-state index in [1.54, 1.807) is 6.07 Å². The SMILES string of the molecule is Nc1cnoc1-c1cc(F)cc(Cl)c1. The van der Waals surface area contributed by atoms with Crippen molar-refractivity contribution in [2.75, 3.05) is 5.73 Å². The molecular formula is C9H6ClFN2O. The molecular weight excluding hydrogens is 207 g/mol. The standard InChI is InChI=1S/C9H6ClFN2O/c10-6-1-5(2-7(11)3-6)9-8(12)4-13-14-9/h1-4H,12H2. The monoisotopic (exact) mass is 212 g/mol. The number of rotatable bonds is 1. The second-order valence-electron chi connectivity index (χ2n) is 2.77. The van der Waals surface area contributed by atoms with Gasteiger partial charge in [0.15, 0.2) is 5.76 Å². The van der Waals surface area contributed by atoms with Gasteiger partial charge >= 0.3 is 0 Å². The van der Waals surface area contributed by atoms with Crippen LogP contribution in [-0.4, -0.2) is 5.16 Å². The van der Waals surface area contributed by atoms with Crippen molar-refractivity contribution in [1.29, 1.82) is 0 Å². The molecule has 0 saturated heterocycles. The molecule has 1 heterocycles. The van der Waals surface area contributed by atoms with E-state index in [1.807, 2.05) is 0 Å². The van der Waals surface area contributed by atoms with E-state index in [2.05, 4.69) is 5.16 Å². The summed E-state index contributed by atoms with van der Waals surface area (Å²) in [6.07, 6.45) is 1.36. The molecule has 0 spiro atoms. The Labute approximate surface area is 84.3 Å². The van der Waals surface area contributed by atoms with Gasteiger partial charge in [0, 0.05) is 10.6 Å². The number of nitrogens with two attached hydrogens (primary N) is 1. The van der Waals surface area contributed by atoms with Gasteiger partial charge in [-0.05, 0) is 18.2 Å². The Morgan fingerprint density at radius 3 is 2.71 bits per heavy atom. The largest absolute Gasteiger partial charge is 0.394 e. The minimum absolute atomic E-state index is 0.288. The molecule has 5 heteroatoms. The number of hydrogen-bond donors (Lipinski definition) is 1. The lowest BCUT2D eigenvalue weighted by Crippen LogP contribution is -1.85. The molecule has 0 unspecified atom stereocenters. The van der Waals surface area contributed by atoms with Gasteiger partial charge in [-0.15, -0.1) is 0 Å². The highest BCUT2D eigenvalue weighted by Gasteiger charge is 2.09. The molecule has 2 N–H and O–H groups in total. The molecule has 3 nitrogen and oxygen atoms in total. The minimum Gasteiger partial charge on any atom is -0.394 e. The number of halogens is 2. The number of benzene rings is 1. The van der Waals surface area contributed by atoms with Crippen LogP contribution in [-0.2, 0) is 0 Å². The topological polar surface area (TPSA) is 52.0 Å². The maximum Gasteiger partial charge on any atom is 0.189 e. The van der Waals surface area contributed by atoms with E-state index in [9.17, 15) is 4.39 Å². The highest BCUT2D eigenvalue weighted by molar-refractivity contribution is 6.30. The molecule has 0 amide bonds. The third-order valence-electron chi connectivity index (χ3n) is 1.72. The predicted octanol–water partition coefficient (Wildman–Crippen LogP) is 2.72. The fourth-order valence-electron chi connectivity index (χ4n) is 1.15. The second-order valence-corrected chi connectivity index (χ2v) is 3.20. The van der Waals surface area contributed by atoms with Crippen molar-refractivity contribution in [3.63, 3.8) is 0 Å². The highest BCUT2D eigenvalue weighted by Crippen LogP contribution is 2.28. The van der Waals surface area contributed by atoms with Crippen molar-refractivity contribution in [2.24, 2.45) is 0 Å². The molecule has 0 bridgehead atoms.